The molecule has 2 nitrogen and oxygen atoms in total. The van der Waals surface area contributed by atoms with Crippen molar-refractivity contribution in [3.05, 3.63) is 24.3 Å². The molecule has 48 valence electrons. The molecule has 0 unspecified atom stereocenters. The third kappa shape index (κ3) is 1.49. The van der Waals surface area contributed by atoms with E-state index >= 15 is 0 Å². The molecule has 0 radical (unpaired) electrons. The standard InChI is InChI=1S/C7H10N2/c1-6(2)7-8-4-3-5-9-7/h3-6H,1-2H3/i4T. The maximum Gasteiger partial charge on any atom is 0.130 e. The minimum Gasteiger partial charge on any atom is -0.241 e. The van der Waals surface area contributed by atoms with Gasteiger partial charge in [0.25, 0.3) is 0 Å². The van der Waals surface area contributed by atoms with Gasteiger partial charge in [-0.1, -0.05) is 13.8 Å². The number of nitrogens with zero attached hydrogens (tertiary/aromatic N) is 2. The molecule has 1 heterocycles. The molecule has 1 rings (SSSR count). The number of hydrogen-bond donors (Lipinski definition) is 0. The SMILES string of the molecule is [3H]c1ccnc(C(C)C)n1. The van der Waals surface area contributed by atoms with Crippen molar-refractivity contribution in [3.63, 3.8) is 0 Å². The summed E-state index contributed by atoms with van der Waals surface area (Å²) in [4.78, 5) is 7.94. The average molecular weight is 124 g/mol. The summed E-state index contributed by atoms with van der Waals surface area (Å²) in [5.74, 6) is 1.05. The van der Waals surface area contributed by atoms with E-state index in [0.717, 1.165) is 5.82 Å². The van der Waals surface area contributed by atoms with Crippen molar-refractivity contribution >= 4 is 0 Å². The van der Waals surface area contributed by atoms with Gasteiger partial charge < -0.3 is 0 Å². The molecule has 0 N–H and O–H groups in total. The minimum atomic E-state index is 0.290. The molecule has 0 saturated heterocycles. The maximum atomic E-state index is 7.18. The van der Waals surface area contributed by atoms with E-state index in [1.165, 1.54) is 0 Å². The van der Waals surface area contributed by atoms with E-state index in [1.54, 1.807) is 12.3 Å². The second-order valence-electron chi connectivity index (χ2n) is 2.20. The lowest BCUT2D eigenvalue weighted by Gasteiger charge is -1.98. The number of aromatic nitrogens is 2. The Morgan fingerprint density at radius 3 is 2.78 bits per heavy atom. The number of rotatable bonds is 1. The Labute approximate surface area is 56.4 Å². The van der Waals surface area contributed by atoms with Gasteiger partial charge in [0.05, 0.1) is 1.37 Å². The van der Waals surface area contributed by atoms with Crippen molar-refractivity contribution < 1.29 is 1.37 Å². The van der Waals surface area contributed by atoms with Crippen LogP contribution in [0.4, 0.5) is 0 Å². The van der Waals surface area contributed by atoms with Crippen molar-refractivity contribution in [2.24, 2.45) is 0 Å². The summed E-state index contributed by atoms with van der Waals surface area (Å²) >= 11 is 0. The summed E-state index contributed by atoms with van der Waals surface area (Å²) in [5, 5.41) is 0. The van der Waals surface area contributed by atoms with Crippen LogP contribution >= 0.6 is 0 Å². The highest BCUT2D eigenvalue weighted by Gasteiger charge is 1.97. The molecule has 0 amide bonds. The van der Waals surface area contributed by atoms with Crippen molar-refractivity contribution in [2.75, 3.05) is 0 Å². The van der Waals surface area contributed by atoms with Crippen LogP contribution in [0.3, 0.4) is 0 Å². The Kier molecular flexibility index (Phi) is 1.41. The van der Waals surface area contributed by atoms with E-state index < -0.39 is 0 Å². The Bertz CT molecular complexity index is 223. The summed E-state index contributed by atoms with van der Waals surface area (Å²) in [5.41, 5.74) is 0. The molecule has 0 fully saturated rings. The fourth-order valence-electron chi connectivity index (χ4n) is 0.557. The third-order valence-corrected chi connectivity index (χ3v) is 1.05. The van der Waals surface area contributed by atoms with Crippen LogP contribution in [0.5, 0.6) is 0 Å². The summed E-state index contributed by atoms with van der Waals surface area (Å²) in [6, 6.07) is 1.58. The topological polar surface area (TPSA) is 25.8 Å². The van der Waals surface area contributed by atoms with Crippen LogP contribution in [0.2, 0.25) is 0 Å². The molecule has 0 atom stereocenters. The van der Waals surface area contributed by atoms with E-state index in [0.29, 0.717) is 12.1 Å². The van der Waals surface area contributed by atoms with Crippen LogP contribution < -0.4 is 0 Å². The van der Waals surface area contributed by atoms with Gasteiger partial charge in [-0.3, -0.25) is 0 Å². The largest absolute Gasteiger partial charge is 0.241 e. The molecular formula is C7H10N2. The lowest BCUT2D eigenvalue weighted by molar-refractivity contribution is 0.774. The van der Waals surface area contributed by atoms with Crippen LogP contribution in [0.1, 0.15) is 27.0 Å². The van der Waals surface area contributed by atoms with Crippen molar-refractivity contribution in [2.45, 2.75) is 19.8 Å². The zero-order valence-electron chi connectivity index (χ0n) is 6.63. The van der Waals surface area contributed by atoms with Gasteiger partial charge in [-0.2, -0.15) is 0 Å². The monoisotopic (exact) mass is 124 g/mol. The molecule has 1 aromatic rings. The van der Waals surface area contributed by atoms with Gasteiger partial charge in [0.1, 0.15) is 5.82 Å². The molecule has 9 heavy (non-hydrogen) atoms. The highest BCUT2D eigenvalue weighted by molar-refractivity contribution is 4.92. The molecule has 0 bridgehead atoms. The van der Waals surface area contributed by atoms with Crippen LogP contribution in [-0.2, 0) is 0 Å². The lowest BCUT2D eigenvalue weighted by atomic mass is 10.2. The predicted molar refractivity (Wildman–Crippen MR) is 36.1 cm³/mol. The molecule has 0 aliphatic carbocycles. The molecule has 0 aromatic carbocycles. The summed E-state index contributed by atoms with van der Waals surface area (Å²) in [7, 11) is 0. The molecular weight excluding hydrogens is 112 g/mol. The van der Waals surface area contributed by atoms with Crippen LogP contribution in [0.15, 0.2) is 18.4 Å². The van der Waals surface area contributed by atoms with Gasteiger partial charge in [-0.15, -0.1) is 0 Å². The van der Waals surface area contributed by atoms with E-state index in [4.69, 9.17) is 1.37 Å². The van der Waals surface area contributed by atoms with Crippen LogP contribution in [0.25, 0.3) is 0 Å². The second-order valence-corrected chi connectivity index (χ2v) is 2.20. The van der Waals surface area contributed by atoms with Crippen molar-refractivity contribution in [3.8, 4) is 0 Å². The Morgan fingerprint density at radius 1 is 1.56 bits per heavy atom. The zero-order chi connectivity index (χ0) is 7.56. The summed E-state index contributed by atoms with van der Waals surface area (Å²) in [6.45, 7) is 4.02. The Balaban J connectivity index is 2.96. The fourth-order valence-corrected chi connectivity index (χ4v) is 0.557. The van der Waals surface area contributed by atoms with E-state index in [1.807, 2.05) is 13.8 Å². The van der Waals surface area contributed by atoms with E-state index in [9.17, 15) is 0 Å². The second kappa shape index (κ2) is 2.58. The maximum absolute atomic E-state index is 7.18. The molecule has 0 spiro atoms. The predicted octanol–water partition coefficient (Wildman–Crippen LogP) is 1.60. The first-order valence-corrected chi connectivity index (χ1v) is 2.99. The molecule has 0 aliphatic heterocycles. The number of hydrogen-bond acceptors (Lipinski definition) is 2. The van der Waals surface area contributed by atoms with Gasteiger partial charge in [0.2, 0.25) is 0 Å². The Hall–Kier alpha value is -0.920. The zero-order valence-corrected chi connectivity index (χ0v) is 5.63. The van der Waals surface area contributed by atoms with Gasteiger partial charge >= 0.3 is 0 Å². The van der Waals surface area contributed by atoms with Gasteiger partial charge in [0.15, 0.2) is 0 Å². The normalized spacial score (nSPS) is 11.7. The van der Waals surface area contributed by atoms with E-state index in [2.05, 4.69) is 9.97 Å². The minimum absolute atomic E-state index is 0.290. The first kappa shape index (κ1) is 4.91. The van der Waals surface area contributed by atoms with Crippen molar-refractivity contribution in [1.29, 1.82) is 0 Å². The molecule has 2 heteroatoms. The summed E-state index contributed by atoms with van der Waals surface area (Å²) in [6.07, 6.45) is 1.91. The van der Waals surface area contributed by atoms with E-state index in [-0.39, 0.29) is 0 Å². The van der Waals surface area contributed by atoms with Gasteiger partial charge in [0, 0.05) is 18.3 Å². The Morgan fingerprint density at radius 2 is 2.33 bits per heavy atom. The molecule has 0 aliphatic rings. The first-order valence-electron chi connectivity index (χ1n) is 3.49. The summed E-state index contributed by atoms with van der Waals surface area (Å²) < 4.78 is 7.18. The highest BCUT2D eigenvalue weighted by Crippen LogP contribution is 2.04. The third-order valence-electron chi connectivity index (χ3n) is 1.05. The lowest BCUT2D eigenvalue weighted by Crippen LogP contribution is -1.93. The van der Waals surface area contributed by atoms with Gasteiger partial charge in [-0.25, -0.2) is 9.97 Å². The highest BCUT2D eigenvalue weighted by atomic mass is 14.9. The van der Waals surface area contributed by atoms with Crippen LogP contribution in [0, 0.1) is 0 Å². The smallest absolute Gasteiger partial charge is 0.130 e. The van der Waals surface area contributed by atoms with Crippen LogP contribution in [-0.4, -0.2) is 9.97 Å². The average Bonchev–Trinajstić information content (AvgIpc) is 1.88. The molecule has 0 saturated carbocycles. The fraction of sp³-hybridized carbons (Fsp3) is 0.429. The van der Waals surface area contributed by atoms with Gasteiger partial charge in [-0.05, 0) is 6.07 Å². The van der Waals surface area contributed by atoms with Crippen molar-refractivity contribution in [1.82, 2.24) is 9.97 Å². The quantitative estimate of drug-likeness (QED) is 0.568. The molecule has 1 aromatic heterocycles. The first-order chi connectivity index (χ1) is 4.70.